The third-order valence-electron chi connectivity index (χ3n) is 6.70. The molecule has 3 aromatic heterocycles. The lowest BCUT2D eigenvalue weighted by Crippen LogP contribution is -2.35. The molecule has 0 bridgehead atoms. The number of esters is 1. The van der Waals surface area contributed by atoms with Crippen LogP contribution in [0.1, 0.15) is 82.1 Å². The standard InChI is InChI=1S/C33H43N7O6S/c1-19-26(29(42)44-32(3,4)5)47-30(35-19)38-25(41)18-23(11-10-16-40(9)31(43)45-33(6,7)8)37-28-24-17-22(27-36-20(2)46-39-27)13-12-21(24)14-15-34-28/h12-15,17,23H,10-11,16,18H2,1-9H3,(H,34,37)(H,35,38,41). The molecule has 1 atom stereocenters. The summed E-state index contributed by atoms with van der Waals surface area (Å²) in [5, 5.41) is 12.4. The van der Waals surface area contributed by atoms with Gasteiger partial charge < -0.3 is 29.5 Å². The number of hydrogen-bond acceptors (Lipinski definition) is 12. The van der Waals surface area contributed by atoms with Gasteiger partial charge in [-0.3, -0.25) is 4.79 Å². The Balaban J connectivity index is 1.53. The van der Waals surface area contributed by atoms with Crippen molar-refractivity contribution in [3.63, 3.8) is 0 Å². The number of benzene rings is 1. The van der Waals surface area contributed by atoms with Crippen molar-refractivity contribution in [3.05, 3.63) is 46.9 Å². The highest BCUT2D eigenvalue weighted by Gasteiger charge is 2.25. The summed E-state index contributed by atoms with van der Waals surface area (Å²) in [4.78, 5) is 53.7. The van der Waals surface area contributed by atoms with E-state index in [9.17, 15) is 14.4 Å². The Morgan fingerprint density at radius 1 is 1.02 bits per heavy atom. The summed E-state index contributed by atoms with van der Waals surface area (Å²) in [6.07, 6.45) is 2.46. The first-order valence-electron chi connectivity index (χ1n) is 15.4. The first kappa shape index (κ1) is 35.3. The predicted octanol–water partition coefficient (Wildman–Crippen LogP) is 6.77. The van der Waals surface area contributed by atoms with Crippen LogP contribution in [0.5, 0.6) is 0 Å². The Bertz CT molecular complexity index is 1740. The number of aromatic nitrogens is 4. The molecule has 4 aromatic rings. The highest BCUT2D eigenvalue weighted by atomic mass is 32.1. The van der Waals surface area contributed by atoms with E-state index in [1.165, 1.54) is 4.90 Å². The highest BCUT2D eigenvalue weighted by molar-refractivity contribution is 7.17. The number of nitrogens with one attached hydrogen (secondary N) is 2. The van der Waals surface area contributed by atoms with Crippen molar-refractivity contribution >= 4 is 51.0 Å². The number of fused-ring (bicyclic) bond motifs is 1. The molecule has 0 saturated heterocycles. The SMILES string of the molecule is Cc1nc(-c2ccc3ccnc(NC(CCCN(C)C(=O)OC(C)(C)C)CC(=O)Nc4nc(C)c(C(=O)OC(C)(C)C)s4)c3c2)no1. The molecule has 1 aromatic carbocycles. The molecule has 1 unspecified atom stereocenters. The minimum Gasteiger partial charge on any atom is -0.456 e. The Morgan fingerprint density at radius 2 is 1.74 bits per heavy atom. The average Bonchev–Trinajstić information content (AvgIpc) is 3.55. The van der Waals surface area contributed by atoms with Crippen LogP contribution < -0.4 is 10.6 Å². The van der Waals surface area contributed by atoms with Gasteiger partial charge in [-0.15, -0.1) is 0 Å². The molecule has 0 spiro atoms. The molecule has 13 nitrogen and oxygen atoms in total. The molecule has 3 heterocycles. The molecule has 0 aliphatic rings. The summed E-state index contributed by atoms with van der Waals surface area (Å²) < 4.78 is 16.1. The predicted molar refractivity (Wildman–Crippen MR) is 181 cm³/mol. The Morgan fingerprint density at radius 3 is 2.40 bits per heavy atom. The molecular weight excluding hydrogens is 622 g/mol. The van der Waals surface area contributed by atoms with Gasteiger partial charge in [0.05, 0.1) is 5.69 Å². The normalized spacial score (nSPS) is 12.4. The molecule has 47 heavy (non-hydrogen) atoms. The summed E-state index contributed by atoms with van der Waals surface area (Å²) in [5.74, 6) is 0.723. The number of pyridine rings is 1. The summed E-state index contributed by atoms with van der Waals surface area (Å²) in [5.41, 5.74) is -0.0242. The number of aryl methyl sites for hydroxylation is 2. The van der Waals surface area contributed by atoms with E-state index in [-0.39, 0.29) is 18.4 Å². The van der Waals surface area contributed by atoms with Crippen LogP contribution in [0.25, 0.3) is 22.2 Å². The van der Waals surface area contributed by atoms with Gasteiger partial charge in [0.1, 0.15) is 21.9 Å². The van der Waals surface area contributed by atoms with Crippen molar-refractivity contribution in [2.45, 2.75) is 91.9 Å². The quantitative estimate of drug-likeness (QED) is 0.163. The fourth-order valence-electron chi connectivity index (χ4n) is 4.62. The molecule has 0 aliphatic heterocycles. The summed E-state index contributed by atoms with van der Waals surface area (Å²) in [6.45, 7) is 14.7. The number of amides is 2. The van der Waals surface area contributed by atoms with Gasteiger partial charge in [0.2, 0.25) is 17.6 Å². The zero-order valence-corrected chi connectivity index (χ0v) is 29.2. The molecular formula is C33H43N7O6S. The van der Waals surface area contributed by atoms with Crippen molar-refractivity contribution in [3.8, 4) is 11.4 Å². The molecule has 2 N–H and O–H groups in total. The summed E-state index contributed by atoms with van der Waals surface area (Å²) in [6, 6.07) is 7.32. The maximum atomic E-state index is 13.4. The second-order valence-electron chi connectivity index (χ2n) is 13.3. The van der Waals surface area contributed by atoms with Gasteiger partial charge in [-0.25, -0.2) is 19.6 Å². The smallest absolute Gasteiger partial charge is 0.410 e. The Kier molecular flexibility index (Phi) is 10.8. The van der Waals surface area contributed by atoms with E-state index >= 15 is 0 Å². The maximum Gasteiger partial charge on any atom is 0.410 e. The van der Waals surface area contributed by atoms with Crippen molar-refractivity contribution in [1.82, 2.24) is 25.0 Å². The number of ether oxygens (including phenoxy) is 2. The molecule has 0 radical (unpaired) electrons. The van der Waals surface area contributed by atoms with Crippen molar-refractivity contribution in [1.29, 1.82) is 0 Å². The Hall–Kier alpha value is -4.59. The maximum absolute atomic E-state index is 13.4. The zero-order valence-electron chi connectivity index (χ0n) is 28.4. The molecule has 2 amide bonds. The molecule has 4 rings (SSSR count). The van der Waals surface area contributed by atoms with Crippen LogP contribution in [0.2, 0.25) is 0 Å². The van der Waals surface area contributed by atoms with E-state index in [2.05, 4.69) is 30.7 Å². The molecule has 14 heteroatoms. The zero-order chi connectivity index (χ0) is 34.5. The topological polar surface area (TPSA) is 162 Å². The van der Waals surface area contributed by atoms with E-state index in [4.69, 9.17) is 14.0 Å². The number of anilines is 2. The van der Waals surface area contributed by atoms with Crippen LogP contribution in [0, 0.1) is 13.8 Å². The number of carbonyl (C=O) groups is 3. The number of nitrogens with zero attached hydrogens (tertiary/aromatic N) is 5. The van der Waals surface area contributed by atoms with Crippen LogP contribution in [-0.4, -0.2) is 73.8 Å². The van der Waals surface area contributed by atoms with Crippen LogP contribution >= 0.6 is 11.3 Å². The molecule has 0 saturated carbocycles. The highest BCUT2D eigenvalue weighted by Crippen LogP contribution is 2.29. The van der Waals surface area contributed by atoms with Crippen molar-refractivity contribution < 1.29 is 28.4 Å². The fraction of sp³-hybridized carbons (Fsp3) is 0.485. The second-order valence-corrected chi connectivity index (χ2v) is 14.3. The van der Waals surface area contributed by atoms with Crippen LogP contribution in [-0.2, 0) is 14.3 Å². The summed E-state index contributed by atoms with van der Waals surface area (Å²) >= 11 is 1.07. The van der Waals surface area contributed by atoms with Gasteiger partial charge in [-0.1, -0.05) is 28.6 Å². The number of hydrogen-bond donors (Lipinski definition) is 2. The average molecular weight is 666 g/mol. The minimum absolute atomic E-state index is 0.0678. The molecule has 252 valence electrons. The van der Waals surface area contributed by atoms with E-state index in [1.807, 2.05) is 45.0 Å². The second kappa shape index (κ2) is 14.4. The first-order valence-corrected chi connectivity index (χ1v) is 16.2. The van der Waals surface area contributed by atoms with E-state index in [0.29, 0.717) is 52.6 Å². The van der Waals surface area contributed by atoms with Gasteiger partial charge in [0, 0.05) is 50.1 Å². The lowest BCUT2D eigenvalue weighted by atomic mass is 10.0. The lowest BCUT2D eigenvalue weighted by Gasteiger charge is -2.25. The van der Waals surface area contributed by atoms with E-state index < -0.39 is 23.3 Å². The Labute approximate surface area is 278 Å². The van der Waals surface area contributed by atoms with Gasteiger partial charge in [0.15, 0.2) is 5.13 Å². The van der Waals surface area contributed by atoms with Gasteiger partial charge >= 0.3 is 12.1 Å². The van der Waals surface area contributed by atoms with Gasteiger partial charge in [-0.05, 0) is 78.8 Å². The first-order chi connectivity index (χ1) is 22.0. The number of thiazole rings is 1. The third kappa shape index (κ3) is 10.2. The van der Waals surface area contributed by atoms with Gasteiger partial charge in [-0.2, -0.15) is 4.98 Å². The lowest BCUT2D eigenvalue weighted by molar-refractivity contribution is -0.116. The van der Waals surface area contributed by atoms with Gasteiger partial charge in [0.25, 0.3) is 0 Å². The van der Waals surface area contributed by atoms with E-state index in [1.54, 1.807) is 47.9 Å². The van der Waals surface area contributed by atoms with Crippen LogP contribution in [0.15, 0.2) is 35.0 Å². The largest absolute Gasteiger partial charge is 0.456 e. The monoisotopic (exact) mass is 665 g/mol. The fourth-order valence-corrected chi connectivity index (χ4v) is 5.48. The summed E-state index contributed by atoms with van der Waals surface area (Å²) in [7, 11) is 1.68. The number of rotatable bonds is 11. The van der Waals surface area contributed by atoms with Crippen molar-refractivity contribution in [2.75, 3.05) is 24.2 Å². The molecule has 0 aliphatic carbocycles. The number of carbonyl (C=O) groups excluding carboxylic acids is 3. The van der Waals surface area contributed by atoms with Crippen LogP contribution in [0.4, 0.5) is 15.7 Å². The van der Waals surface area contributed by atoms with Crippen LogP contribution in [0.3, 0.4) is 0 Å². The molecule has 0 fully saturated rings. The third-order valence-corrected chi connectivity index (χ3v) is 7.76. The van der Waals surface area contributed by atoms with Crippen molar-refractivity contribution in [2.24, 2.45) is 0 Å². The minimum atomic E-state index is -0.658. The van der Waals surface area contributed by atoms with E-state index in [0.717, 1.165) is 27.7 Å².